The lowest BCUT2D eigenvalue weighted by atomic mass is 10.1. The molecular weight excluding hydrogens is 298 g/mol. The van der Waals surface area contributed by atoms with Gasteiger partial charge in [-0.1, -0.05) is 32.0 Å². The van der Waals surface area contributed by atoms with E-state index >= 15 is 0 Å². The molecule has 0 aliphatic rings. The molecule has 0 atom stereocenters. The number of para-hydroxylation sites is 1. The van der Waals surface area contributed by atoms with Crippen LogP contribution >= 0.6 is 0 Å². The predicted molar refractivity (Wildman–Crippen MR) is 99.8 cm³/mol. The zero-order valence-electron chi connectivity index (χ0n) is 14.2. The summed E-state index contributed by atoms with van der Waals surface area (Å²) in [6.45, 7) is 5.77. The van der Waals surface area contributed by atoms with Crippen molar-refractivity contribution in [3.8, 4) is 0 Å². The molecule has 0 saturated carbocycles. The first-order valence-electron chi connectivity index (χ1n) is 8.56. The second kappa shape index (κ2) is 7.30. The summed E-state index contributed by atoms with van der Waals surface area (Å²) in [5, 5.41) is 2.31. The fraction of sp³-hybridized carbons (Fsp3) is 0.300. The first kappa shape index (κ1) is 16.2. The Bertz CT molecular complexity index is 873. The number of carbonyl (C=O) groups excluding carboxylic acids is 1. The van der Waals surface area contributed by atoms with Crippen molar-refractivity contribution in [3.05, 3.63) is 48.3 Å². The Balaban J connectivity index is 1.86. The first-order valence-corrected chi connectivity index (χ1v) is 8.56. The molecule has 0 saturated heterocycles. The van der Waals surface area contributed by atoms with Crippen LogP contribution in [0.5, 0.6) is 0 Å². The molecule has 0 aliphatic carbocycles. The van der Waals surface area contributed by atoms with Crippen molar-refractivity contribution < 1.29 is 4.79 Å². The van der Waals surface area contributed by atoms with E-state index in [0.29, 0.717) is 0 Å². The lowest BCUT2D eigenvalue weighted by Crippen LogP contribution is -2.30. The van der Waals surface area contributed by atoms with Crippen LogP contribution in [-0.2, 0) is 4.79 Å². The van der Waals surface area contributed by atoms with E-state index in [0.717, 1.165) is 48.0 Å². The Kier molecular flexibility index (Phi) is 4.94. The van der Waals surface area contributed by atoms with Gasteiger partial charge in [0.15, 0.2) is 0 Å². The topological polar surface area (TPSA) is 49.0 Å². The number of hydrogen-bond acceptors (Lipinski definition) is 2. The van der Waals surface area contributed by atoms with Gasteiger partial charge in [-0.15, -0.1) is 0 Å². The molecule has 124 valence electrons. The molecule has 24 heavy (non-hydrogen) atoms. The van der Waals surface area contributed by atoms with Gasteiger partial charge in [-0.25, -0.2) is 0 Å². The highest BCUT2D eigenvalue weighted by Crippen LogP contribution is 2.25. The Hall–Kier alpha value is -2.62. The number of aromatic nitrogens is 2. The van der Waals surface area contributed by atoms with E-state index in [1.807, 2.05) is 35.4 Å². The summed E-state index contributed by atoms with van der Waals surface area (Å²) in [4.78, 5) is 22.0. The van der Waals surface area contributed by atoms with Crippen LogP contribution in [0.2, 0.25) is 0 Å². The largest absolute Gasteiger partial charge is 0.353 e. The van der Waals surface area contributed by atoms with Crippen molar-refractivity contribution >= 4 is 33.8 Å². The standard InChI is InChI=1S/C20H23N3O/c1-3-11-23(12-4-2)20(24)10-9-15-13-17-16-7-5-6-8-18(16)22-19(17)14-21-15/h5-10,13-14,22H,3-4,11-12H2,1-2H3/b10-9+. The highest BCUT2D eigenvalue weighted by Gasteiger charge is 2.08. The third-order valence-electron chi connectivity index (χ3n) is 4.11. The molecule has 3 rings (SSSR count). The summed E-state index contributed by atoms with van der Waals surface area (Å²) in [7, 11) is 0. The van der Waals surface area contributed by atoms with E-state index in [1.54, 1.807) is 6.08 Å². The van der Waals surface area contributed by atoms with Crippen molar-refractivity contribution in [3.63, 3.8) is 0 Å². The Labute approximate surface area is 142 Å². The van der Waals surface area contributed by atoms with Crippen LogP contribution in [0.15, 0.2) is 42.6 Å². The maximum absolute atomic E-state index is 12.3. The number of benzene rings is 1. The molecule has 0 bridgehead atoms. The number of H-pyrrole nitrogens is 1. The summed E-state index contributed by atoms with van der Waals surface area (Å²) >= 11 is 0. The molecule has 2 aromatic heterocycles. The number of nitrogens with one attached hydrogen (secondary N) is 1. The summed E-state index contributed by atoms with van der Waals surface area (Å²) in [6, 6.07) is 10.2. The van der Waals surface area contributed by atoms with Crippen molar-refractivity contribution in [1.82, 2.24) is 14.9 Å². The lowest BCUT2D eigenvalue weighted by Gasteiger charge is -2.19. The van der Waals surface area contributed by atoms with Gasteiger partial charge in [-0.05, 0) is 31.1 Å². The van der Waals surface area contributed by atoms with Crippen LogP contribution in [0, 0.1) is 0 Å². The Morgan fingerprint density at radius 3 is 2.62 bits per heavy atom. The first-order chi connectivity index (χ1) is 11.7. The maximum atomic E-state index is 12.3. The number of nitrogens with zero attached hydrogens (tertiary/aromatic N) is 2. The normalized spacial score (nSPS) is 11.6. The van der Waals surface area contributed by atoms with Gasteiger partial charge in [-0.3, -0.25) is 9.78 Å². The number of rotatable bonds is 6. The van der Waals surface area contributed by atoms with E-state index in [1.165, 1.54) is 5.39 Å². The highest BCUT2D eigenvalue weighted by molar-refractivity contribution is 6.07. The number of amides is 1. The monoisotopic (exact) mass is 321 g/mol. The van der Waals surface area contributed by atoms with E-state index in [-0.39, 0.29) is 5.91 Å². The molecule has 1 aromatic carbocycles. The van der Waals surface area contributed by atoms with Crippen LogP contribution in [0.4, 0.5) is 0 Å². The van der Waals surface area contributed by atoms with Gasteiger partial charge in [0.2, 0.25) is 5.91 Å². The smallest absolute Gasteiger partial charge is 0.246 e. The number of hydrogen-bond donors (Lipinski definition) is 1. The van der Waals surface area contributed by atoms with Gasteiger partial charge in [0.25, 0.3) is 0 Å². The molecule has 1 N–H and O–H groups in total. The number of pyridine rings is 1. The van der Waals surface area contributed by atoms with Gasteiger partial charge in [-0.2, -0.15) is 0 Å². The summed E-state index contributed by atoms with van der Waals surface area (Å²) in [6.07, 6.45) is 7.21. The molecule has 3 aromatic rings. The van der Waals surface area contributed by atoms with Gasteiger partial charge in [0.05, 0.1) is 17.4 Å². The van der Waals surface area contributed by atoms with Gasteiger partial charge in [0, 0.05) is 35.5 Å². The average Bonchev–Trinajstić information content (AvgIpc) is 2.97. The van der Waals surface area contributed by atoms with E-state index in [9.17, 15) is 4.79 Å². The highest BCUT2D eigenvalue weighted by atomic mass is 16.2. The third kappa shape index (κ3) is 3.32. The molecule has 0 spiro atoms. The summed E-state index contributed by atoms with van der Waals surface area (Å²) in [5.41, 5.74) is 2.91. The summed E-state index contributed by atoms with van der Waals surface area (Å²) < 4.78 is 0. The lowest BCUT2D eigenvalue weighted by molar-refractivity contribution is -0.126. The molecule has 4 nitrogen and oxygen atoms in total. The second-order valence-corrected chi connectivity index (χ2v) is 5.98. The van der Waals surface area contributed by atoms with Crippen LogP contribution in [0.3, 0.4) is 0 Å². The fourth-order valence-corrected chi connectivity index (χ4v) is 2.99. The van der Waals surface area contributed by atoms with Crippen LogP contribution in [0.25, 0.3) is 27.9 Å². The maximum Gasteiger partial charge on any atom is 0.246 e. The van der Waals surface area contributed by atoms with E-state index in [2.05, 4.69) is 35.9 Å². The third-order valence-corrected chi connectivity index (χ3v) is 4.11. The molecule has 1 amide bonds. The number of carbonyl (C=O) groups is 1. The van der Waals surface area contributed by atoms with Crippen molar-refractivity contribution in [2.75, 3.05) is 13.1 Å². The zero-order valence-corrected chi connectivity index (χ0v) is 14.2. The minimum Gasteiger partial charge on any atom is -0.353 e. The molecule has 0 aliphatic heterocycles. The molecule has 0 fully saturated rings. The van der Waals surface area contributed by atoms with Crippen molar-refractivity contribution in [2.45, 2.75) is 26.7 Å². The minimum absolute atomic E-state index is 0.0551. The average molecular weight is 321 g/mol. The van der Waals surface area contributed by atoms with Crippen LogP contribution in [-0.4, -0.2) is 33.9 Å². The van der Waals surface area contributed by atoms with E-state index < -0.39 is 0 Å². The molecule has 0 unspecified atom stereocenters. The quantitative estimate of drug-likeness (QED) is 0.685. The second-order valence-electron chi connectivity index (χ2n) is 5.98. The van der Waals surface area contributed by atoms with Gasteiger partial charge in [0.1, 0.15) is 0 Å². The minimum atomic E-state index is 0.0551. The number of aromatic amines is 1. The fourth-order valence-electron chi connectivity index (χ4n) is 2.99. The SMILES string of the molecule is CCCN(CCC)C(=O)/C=C/c1cc2c(cn1)[nH]c1ccccc12. The van der Waals surface area contributed by atoms with Gasteiger partial charge < -0.3 is 9.88 Å². The molecule has 4 heteroatoms. The molecule has 2 heterocycles. The van der Waals surface area contributed by atoms with Crippen LogP contribution in [0.1, 0.15) is 32.4 Å². The predicted octanol–water partition coefficient (Wildman–Crippen LogP) is 4.38. The molecule has 0 radical (unpaired) electrons. The molecular formula is C20H23N3O. The van der Waals surface area contributed by atoms with Crippen molar-refractivity contribution in [2.24, 2.45) is 0 Å². The zero-order chi connectivity index (χ0) is 16.9. The van der Waals surface area contributed by atoms with Gasteiger partial charge >= 0.3 is 0 Å². The summed E-state index contributed by atoms with van der Waals surface area (Å²) in [5.74, 6) is 0.0551. The number of fused-ring (bicyclic) bond motifs is 3. The Morgan fingerprint density at radius 1 is 1.12 bits per heavy atom. The van der Waals surface area contributed by atoms with Crippen molar-refractivity contribution in [1.29, 1.82) is 0 Å². The van der Waals surface area contributed by atoms with E-state index in [4.69, 9.17) is 0 Å². The van der Waals surface area contributed by atoms with Crippen LogP contribution < -0.4 is 0 Å². The Morgan fingerprint density at radius 2 is 1.88 bits per heavy atom.